The number of benzene rings is 1. The second-order valence-electron chi connectivity index (χ2n) is 8.27. The van der Waals surface area contributed by atoms with Crippen LogP contribution in [-0.4, -0.2) is 75.6 Å². The van der Waals surface area contributed by atoms with E-state index in [9.17, 15) is 0 Å². The van der Waals surface area contributed by atoms with Gasteiger partial charge in [-0.05, 0) is 37.9 Å². The van der Waals surface area contributed by atoms with E-state index in [1.54, 1.807) is 7.05 Å². The minimum Gasteiger partial charge on any atom is -0.488 e. The molecule has 1 aromatic carbocycles. The second-order valence-corrected chi connectivity index (χ2v) is 8.27. The van der Waals surface area contributed by atoms with Crippen molar-refractivity contribution in [3.8, 4) is 5.75 Å². The highest BCUT2D eigenvalue weighted by molar-refractivity contribution is 14.0. The molecule has 0 aliphatic carbocycles. The minimum absolute atomic E-state index is 0. The summed E-state index contributed by atoms with van der Waals surface area (Å²) in [5.41, 5.74) is 2.32. The maximum atomic E-state index is 6.20. The van der Waals surface area contributed by atoms with Crippen molar-refractivity contribution in [3.05, 3.63) is 29.3 Å². The van der Waals surface area contributed by atoms with Gasteiger partial charge in [0.2, 0.25) is 0 Å². The first kappa shape index (κ1) is 23.6. The Bertz CT molecular complexity index is 712. The molecule has 3 aliphatic heterocycles. The lowest BCUT2D eigenvalue weighted by Gasteiger charge is -2.35. The number of morpholine rings is 1. The molecule has 3 aliphatic rings. The van der Waals surface area contributed by atoms with E-state index in [-0.39, 0.29) is 36.2 Å². The molecule has 0 bridgehead atoms. The Morgan fingerprint density at radius 1 is 1.27 bits per heavy atom. The van der Waals surface area contributed by atoms with E-state index >= 15 is 0 Å². The van der Waals surface area contributed by atoms with Crippen LogP contribution in [0.5, 0.6) is 5.75 Å². The summed E-state index contributed by atoms with van der Waals surface area (Å²) in [4.78, 5) is 6.93. The Labute approximate surface area is 196 Å². The monoisotopic (exact) mass is 530 g/mol. The fourth-order valence-electron chi connectivity index (χ4n) is 4.32. The van der Waals surface area contributed by atoms with Crippen LogP contribution in [0.3, 0.4) is 0 Å². The molecule has 168 valence electrons. The first-order valence-electron chi connectivity index (χ1n) is 10.9. The fourth-order valence-corrected chi connectivity index (χ4v) is 4.32. The van der Waals surface area contributed by atoms with E-state index in [2.05, 4.69) is 45.6 Å². The first-order valence-corrected chi connectivity index (χ1v) is 10.9. The van der Waals surface area contributed by atoms with Crippen LogP contribution in [0.15, 0.2) is 23.2 Å². The topological polar surface area (TPSA) is 67.4 Å². The number of hydrogen-bond donors (Lipinski definition) is 2. The molecule has 0 radical (unpaired) electrons. The molecule has 0 aromatic heterocycles. The highest BCUT2D eigenvalue weighted by atomic mass is 127. The molecule has 0 amide bonds. The Morgan fingerprint density at radius 3 is 2.97 bits per heavy atom. The third-order valence-corrected chi connectivity index (χ3v) is 6.03. The molecule has 2 N–H and O–H groups in total. The average Bonchev–Trinajstić information content (AvgIpc) is 3.40. The third-order valence-electron chi connectivity index (χ3n) is 6.03. The number of rotatable bonds is 6. The molecule has 7 nitrogen and oxygen atoms in total. The number of halogens is 1. The van der Waals surface area contributed by atoms with Gasteiger partial charge in [0.1, 0.15) is 11.9 Å². The van der Waals surface area contributed by atoms with E-state index in [0.717, 1.165) is 50.0 Å². The molecular weight excluding hydrogens is 495 g/mol. The van der Waals surface area contributed by atoms with Gasteiger partial charge in [0.25, 0.3) is 0 Å². The summed E-state index contributed by atoms with van der Waals surface area (Å²) >= 11 is 0. The molecule has 3 fully saturated rings. The maximum absolute atomic E-state index is 6.20. The standard InChI is InChI=1S/C22H34N4O3.HI/c1-16-5-6-17(21(10-16)29-19-7-9-27-15-19)11-24-22(23-2)25-12-20-13-26-8-3-4-18(26)14-28-20;/h5-6,10,18-20H,3-4,7-9,11-15H2,1-2H3,(H2,23,24,25);1H. The van der Waals surface area contributed by atoms with Crippen molar-refractivity contribution >= 4 is 29.9 Å². The smallest absolute Gasteiger partial charge is 0.191 e. The molecule has 8 heteroatoms. The summed E-state index contributed by atoms with van der Waals surface area (Å²) in [5, 5.41) is 6.83. The summed E-state index contributed by atoms with van der Waals surface area (Å²) in [6.45, 7) is 8.03. The number of aliphatic imine (C=N–C) groups is 1. The molecule has 3 atom stereocenters. The van der Waals surface area contributed by atoms with E-state index in [1.807, 2.05) is 0 Å². The quantitative estimate of drug-likeness (QED) is 0.335. The Hall–Kier alpha value is -1.10. The summed E-state index contributed by atoms with van der Waals surface area (Å²) < 4.78 is 17.7. The van der Waals surface area contributed by atoms with Crippen molar-refractivity contribution < 1.29 is 14.2 Å². The van der Waals surface area contributed by atoms with Crippen LogP contribution in [-0.2, 0) is 16.0 Å². The van der Waals surface area contributed by atoms with E-state index < -0.39 is 0 Å². The van der Waals surface area contributed by atoms with Crippen LogP contribution in [0.25, 0.3) is 0 Å². The number of hydrogen-bond acceptors (Lipinski definition) is 5. The molecular formula is C22H35IN4O3. The maximum Gasteiger partial charge on any atom is 0.191 e. The van der Waals surface area contributed by atoms with E-state index in [1.165, 1.54) is 24.9 Å². The largest absolute Gasteiger partial charge is 0.488 e. The minimum atomic E-state index is 0. The van der Waals surface area contributed by atoms with Crippen molar-refractivity contribution in [2.75, 3.05) is 46.5 Å². The van der Waals surface area contributed by atoms with Gasteiger partial charge in [-0.3, -0.25) is 9.89 Å². The molecule has 0 spiro atoms. The van der Waals surface area contributed by atoms with Gasteiger partial charge in [0, 0.05) is 44.7 Å². The van der Waals surface area contributed by atoms with Gasteiger partial charge in [0.05, 0.1) is 25.9 Å². The molecule has 30 heavy (non-hydrogen) atoms. The van der Waals surface area contributed by atoms with Crippen LogP contribution < -0.4 is 15.4 Å². The molecule has 3 saturated heterocycles. The molecule has 3 unspecified atom stereocenters. The highest BCUT2D eigenvalue weighted by Crippen LogP contribution is 2.24. The van der Waals surface area contributed by atoms with Gasteiger partial charge >= 0.3 is 0 Å². The molecule has 0 saturated carbocycles. The average molecular weight is 530 g/mol. The number of nitrogens with zero attached hydrogens (tertiary/aromatic N) is 2. The van der Waals surface area contributed by atoms with Crippen molar-refractivity contribution in [1.82, 2.24) is 15.5 Å². The number of fused-ring (bicyclic) bond motifs is 1. The number of guanidine groups is 1. The predicted octanol–water partition coefficient (Wildman–Crippen LogP) is 2.31. The van der Waals surface area contributed by atoms with Gasteiger partial charge in [-0.1, -0.05) is 12.1 Å². The van der Waals surface area contributed by atoms with Crippen molar-refractivity contribution in [2.45, 2.75) is 51.0 Å². The highest BCUT2D eigenvalue weighted by Gasteiger charge is 2.32. The lowest BCUT2D eigenvalue weighted by Crippen LogP contribution is -2.51. The number of ether oxygens (including phenoxy) is 3. The van der Waals surface area contributed by atoms with Crippen molar-refractivity contribution in [2.24, 2.45) is 4.99 Å². The number of nitrogens with one attached hydrogen (secondary N) is 2. The van der Waals surface area contributed by atoms with E-state index in [0.29, 0.717) is 19.2 Å². The lowest BCUT2D eigenvalue weighted by molar-refractivity contribution is -0.0453. The van der Waals surface area contributed by atoms with Gasteiger partial charge in [-0.25, -0.2) is 0 Å². The summed E-state index contributed by atoms with van der Waals surface area (Å²) in [5.74, 6) is 1.71. The summed E-state index contributed by atoms with van der Waals surface area (Å²) in [7, 11) is 1.80. The van der Waals surface area contributed by atoms with Gasteiger partial charge in [-0.2, -0.15) is 0 Å². The Kier molecular flexibility index (Phi) is 9.03. The predicted molar refractivity (Wildman–Crippen MR) is 129 cm³/mol. The normalized spacial score (nSPS) is 26.7. The summed E-state index contributed by atoms with van der Waals surface area (Å²) in [6.07, 6.45) is 3.88. The first-order chi connectivity index (χ1) is 14.2. The lowest BCUT2D eigenvalue weighted by atomic mass is 10.1. The second kappa shape index (κ2) is 11.5. The zero-order valence-corrected chi connectivity index (χ0v) is 20.4. The van der Waals surface area contributed by atoms with Gasteiger partial charge in [-0.15, -0.1) is 24.0 Å². The third kappa shape index (κ3) is 6.21. The van der Waals surface area contributed by atoms with Gasteiger partial charge < -0.3 is 24.8 Å². The summed E-state index contributed by atoms with van der Waals surface area (Å²) in [6, 6.07) is 6.98. The fraction of sp³-hybridized carbons (Fsp3) is 0.682. The van der Waals surface area contributed by atoms with Crippen molar-refractivity contribution in [1.29, 1.82) is 0 Å². The zero-order valence-electron chi connectivity index (χ0n) is 18.1. The Balaban J connectivity index is 0.00000256. The van der Waals surface area contributed by atoms with Crippen LogP contribution in [0.1, 0.15) is 30.4 Å². The Morgan fingerprint density at radius 2 is 2.17 bits per heavy atom. The molecule has 1 aromatic rings. The van der Waals surface area contributed by atoms with Crippen LogP contribution >= 0.6 is 24.0 Å². The van der Waals surface area contributed by atoms with Gasteiger partial charge in [0.15, 0.2) is 5.96 Å². The van der Waals surface area contributed by atoms with Crippen LogP contribution in [0.4, 0.5) is 0 Å². The van der Waals surface area contributed by atoms with Crippen LogP contribution in [0, 0.1) is 6.92 Å². The SMILES string of the molecule is CN=C(NCc1ccc(C)cc1OC1CCOC1)NCC1CN2CCCC2CO1.I. The van der Waals surface area contributed by atoms with Crippen molar-refractivity contribution in [3.63, 3.8) is 0 Å². The molecule has 4 rings (SSSR count). The van der Waals surface area contributed by atoms with Crippen LogP contribution in [0.2, 0.25) is 0 Å². The molecule has 3 heterocycles. The number of aryl methyl sites for hydroxylation is 1. The van der Waals surface area contributed by atoms with E-state index in [4.69, 9.17) is 14.2 Å². The zero-order chi connectivity index (χ0) is 20.1.